The summed E-state index contributed by atoms with van der Waals surface area (Å²) in [6, 6.07) is 4.14. The number of benzene rings is 1. The third kappa shape index (κ3) is 2.11. The molecule has 0 fully saturated rings. The second-order valence-corrected chi connectivity index (χ2v) is 5.79. The van der Waals surface area contributed by atoms with E-state index in [-0.39, 0.29) is 0 Å². The van der Waals surface area contributed by atoms with Crippen LogP contribution in [0.5, 0.6) is 11.5 Å². The smallest absolute Gasteiger partial charge is 0.161 e. The summed E-state index contributed by atoms with van der Waals surface area (Å²) in [7, 11) is 0. The van der Waals surface area contributed by atoms with Gasteiger partial charge in [0.15, 0.2) is 11.5 Å². The first-order valence-corrected chi connectivity index (χ1v) is 7.26. The van der Waals surface area contributed by atoms with E-state index in [1.54, 1.807) is 11.3 Å². The minimum atomic E-state index is 0.563. The van der Waals surface area contributed by atoms with Crippen LogP contribution in [0.4, 0.5) is 0 Å². The van der Waals surface area contributed by atoms with E-state index >= 15 is 0 Å². The molecule has 0 radical (unpaired) electrons. The van der Waals surface area contributed by atoms with Gasteiger partial charge >= 0.3 is 0 Å². The van der Waals surface area contributed by atoms with Crippen LogP contribution in [0, 0.1) is 13.8 Å². The maximum atomic E-state index is 5.84. The standard InChI is InChI=1S/C15H17NO2S/c1-9-5-13-14(18-4-3-17-13)6-12(9)15-10(2)19-8-11(15)7-16/h5-6,8H,3-4,7,16H2,1-2H3. The van der Waals surface area contributed by atoms with Gasteiger partial charge in [0, 0.05) is 17.0 Å². The lowest BCUT2D eigenvalue weighted by Crippen LogP contribution is -2.15. The molecule has 1 aromatic heterocycles. The highest BCUT2D eigenvalue weighted by atomic mass is 32.1. The highest BCUT2D eigenvalue weighted by molar-refractivity contribution is 7.10. The zero-order valence-electron chi connectivity index (χ0n) is 11.2. The van der Waals surface area contributed by atoms with Gasteiger partial charge in [-0.25, -0.2) is 0 Å². The topological polar surface area (TPSA) is 44.5 Å². The van der Waals surface area contributed by atoms with Gasteiger partial charge in [0.05, 0.1) is 0 Å². The molecule has 0 saturated carbocycles. The summed E-state index contributed by atoms with van der Waals surface area (Å²) >= 11 is 1.74. The molecule has 0 unspecified atom stereocenters. The lowest BCUT2D eigenvalue weighted by atomic mass is 9.97. The van der Waals surface area contributed by atoms with Gasteiger partial charge in [0.1, 0.15) is 13.2 Å². The number of hydrogen-bond donors (Lipinski definition) is 1. The number of rotatable bonds is 2. The fourth-order valence-electron chi connectivity index (χ4n) is 2.48. The van der Waals surface area contributed by atoms with Crippen LogP contribution in [-0.2, 0) is 6.54 Å². The third-order valence-corrected chi connectivity index (χ3v) is 4.39. The van der Waals surface area contributed by atoms with E-state index in [0.717, 1.165) is 11.5 Å². The van der Waals surface area contributed by atoms with E-state index in [0.29, 0.717) is 19.8 Å². The Hall–Kier alpha value is -1.52. The third-order valence-electron chi connectivity index (χ3n) is 3.43. The van der Waals surface area contributed by atoms with Crippen LogP contribution in [0.25, 0.3) is 11.1 Å². The molecule has 0 spiro atoms. The molecule has 0 atom stereocenters. The van der Waals surface area contributed by atoms with Crippen molar-refractivity contribution >= 4 is 11.3 Å². The van der Waals surface area contributed by atoms with E-state index in [1.807, 2.05) is 0 Å². The number of aryl methyl sites for hydroxylation is 2. The number of thiophene rings is 1. The molecule has 0 saturated heterocycles. The van der Waals surface area contributed by atoms with Crippen molar-refractivity contribution in [3.63, 3.8) is 0 Å². The van der Waals surface area contributed by atoms with Gasteiger partial charge in [-0.2, -0.15) is 0 Å². The molecular formula is C15H17NO2S. The van der Waals surface area contributed by atoms with Gasteiger partial charge < -0.3 is 15.2 Å². The van der Waals surface area contributed by atoms with Crippen LogP contribution in [-0.4, -0.2) is 13.2 Å². The number of hydrogen-bond acceptors (Lipinski definition) is 4. The normalized spacial score (nSPS) is 13.6. The molecule has 2 N–H and O–H groups in total. The summed E-state index contributed by atoms with van der Waals surface area (Å²) in [4.78, 5) is 1.29. The van der Waals surface area contributed by atoms with E-state index in [1.165, 1.54) is 27.1 Å². The first-order chi connectivity index (χ1) is 9.20. The minimum absolute atomic E-state index is 0.563. The van der Waals surface area contributed by atoms with Crippen LogP contribution in [0.15, 0.2) is 17.5 Å². The Labute approximate surface area is 117 Å². The average molecular weight is 275 g/mol. The Balaban J connectivity index is 2.17. The predicted molar refractivity (Wildman–Crippen MR) is 78.1 cm³/mol. The van der Waals surface area contributed by atoms with Gasteiger partial charge in [0.25, 0.3) is 0 Å². The number of fused-ring (bicyclic) bond motifs is 1. The molecule has 0 bridgehead atoms. The Morgan fingerprint density at radius 2 is 1.84 bits per heavy atom. The number of ether oxygens (including phenoxy) is 2. The maximum Gasteiger partial charge on any atom is 0.161 e. The van der Waals surface area contributed by atoms with Gasteiger partial charge in [-0.3, -0.25) is 0 Å². The Kier molecular flexibility index (Phi) is 3.21. The van der Waals surface area contributed by atoms with Crippen LogP contribution < -0.4 is 15.2 Å². The van der Waals surface area contributed by atoms with Crippen molar-refractivity contribution in [3.8, 4) is 22.6 Å². The summed E-state index contributed by atoms with van der Waals surface area (Å²) < 4.78 is 11.3. The molecule has 1 aliphatic rings. The van der Waals surface area contributed by atoms with E-state index in [4.69, 9.17) is 15.2 Å². The summed E-state index contributed by atoms with van der Waals surface area (Å²) in [6.45, 7) is 6.03. The average Bonchev–Trinajstić information content (AvgIpc) is 2.79. The first kappa shape index (κ1) is 12.5. The fourth-order valence-corrected chi connectivity index (χ4v) is 3.37. The van der Waals surface area contributed by atoms with Crippen LogP contribution in [0.3, 0.4) is 0 Å². The first-order valence-electron chi connectivity index (χ1n) is 6.38. The molecule has 2 heterocycles. The zero-order valence-corrected chi connectivity index (χ0v) is 12.0. The molecule has 4 heteroatoms. The lowest BCUT2D eigenvalue weighted by molar-refractivity contribution is 0.171. The highest BCUT2D eigenvalue weighted by Gasteiger charge is 2.18. The van der Waals surface area contributed by atoms with Crippen LogP contribution in [0.1, 0.15) is 16.0 Å². The van der Waals surface area contributed by atoms with E-state index in [9.17, 15) is 0 Å². The summed E-state index contributed by atoms with van der Waals surface area (Å²) in [5.41, 5.74) is 10.7. The van der Waals surface area contributed by atoms with E-state index in [2.05, 4.69) is 31.4 Å². The quantitative estimate of drug-likeness (QED) is 0.915. The van der Waals surface area contributed by atoms with Gasteiger partial charge in [0.2, 0.25) is 0 Å². The molecule has 3 rings (SSSR count). The fraction of sp³-hybridized carbons (Fsp3) is 0.333. The van der Waals surface area contributed by atoms with Gasteiger partial charge in [-0.15, -0.1) is 11.3 Å². The molecule has 19 heavy (non-hydrogen) atoms. The highest BCUT2D eigenvalue weighted by Crippen LogP contribution is 2.40. The van der Waals surface area contributed by atoms with Crippen LogP contribution >= 0.6 is 11.3 Å². The molecule has 0 aliphatic carbocycles. The number of nitrogens with two attached hydrogens (primary N) is 1. The zero-order chi connectivity index (χ0) is 13.4. The molecule has 3 nitrogen and oxygen atoms in total. The Morgan fingerprint density at radius 3 is 2.53 bits per heavy atom. The molecule has 100 valence electrons. The van der Waals surface area contributed by atoms with E-state index < -0.39 is 0 Å². The summed E-state index contributed by atoms with van der Waals surface area (Å²) in [6.07, 6.45) is 0. The molecule has 0 amide bonds. The lowest BCUT2D eigenvalue weighted by Gasteiger charge is -2.20. The van der Waals surface area contributed by atoms with Crippen LogP contribution in [0.2, 0.25) is 0 Å². The molecular weight excluding hydrogens is 258 g/mol. The summed E-state index contributed by atoms with van der Waals surface area (Å²) in [5.74, 6) is 1.68. The molecule has 2 aromatic rings. The Bertz CT molecular complexity index is 619. The predicted octanol–water partition coefficient (Wildman–Crippen LogP) is 3.26. The van der Waals surface area contributed by atoms with Crippen molar-refractivity contribution in [2.24, 2.45) is 5.73 Å². The van der Waals surface area contributed by atoms with Crippen molar-refractivity contribution in [1.82, 2.24) is 0 Å². The largest absolute Gasteiger partial charge is 0.486 e. The van der Waals surface area contributed by atoms with Crippen molar-refractivity contribution in [3.05, 3.63) is 33.5 Å². The second kappa shape index (κ2) is 4.87. The SMILES string of the molecule is Cc1cc2c(cc1-c1c(CN)csc1C)OCCO2. The molecule has 1 aliphatic heterocycles. The maximum absolute atomic E-state index is 5.84. The minimum Gasteiger partial charge on any atom is -0.486 e. The van der Waals surface area contributed by atoms with Crippen molar-refractivity contribution < 1.29 is 9.47 Å². The molecule has 1 aromatic carbocycles. The Morgan fingerprint density at radius 1 is 1.16 bits per heavy atom. The monoisotopic (exact) mass is 275 g/mol. The van der Waals surface area contributed by atoms with Crippen molar-refractivity contribution in [2.45, 2.75) is 20.4 Å². The summed E-state index contributed by atoms with van der Waals surface area (Å²) in [5, 5.41) is 2.14. The van der Waals surface area contributed by atoms with Gasteiger partial charge in [-0.1, -0.05) is 0 Å². The van der Waals surface area contributed by atoms with Gasteiger partial charge in [-0.05, 0) is 48.1 Å². The van der Waals surface area contributed by atoms with Crippen molar-refractivity contribution in [1.29, 1.82) is 0 Å². The van der Waals surface area contributed by atoms with Crippen molar-refractivity contribution in [2.75, 3.05) is 13.2 Å². The second-order valence-electron chi connectivity index (χ2n) is 4.71.